The Balaban J connectivity index is 2.03. The molecule has 0 saturated carbocycles. The van der Waals surface area contributed by atoms with Crippen molar-refractivity contribution < 1.29 is 9.50 Å². The molecular weight excluding hydrogens is 243 g/mol. The molecule has 1 aliphatic rings. The maximum Gasteiger partial charge on any atom is 0.123 e. The van der Waals surface area contributed by atoms with E-state index >= 15 is 0 Å². The van der Waals surface area contributed by atoms with Crippen molar-refractivity contribution in [2.45, 2.75) is 32.5 Å². The van der Waals surface area contributed by atoms with Gasteiger partial charge in [0.2, 0.25) is 0 Å². The standard InChI is InChI=1S/C15H23FN2O/c1-11(2)15-9-18(14(10-19)7-17-15)8-12-3-5-13(16)6-4-12/h3-6,11,14-15,17,19H,7-10H2,1-2H3. The number of piperazine rings is 1. The van der Waals surface area contributed by atoms with Gasteiger partial charge in [0.05, 0.1) is 6.61 Å². The molecule has 1 aromatic rings. The lowest BCUT2D eigenvalue weighted by molar-refractivity contribution is 0.0645. The van der Waals surface area contributed by atoms with Crippen molar-refractivity contribution in [2.24, 2.45) is 5.92 Å². The summed E-state index contributed by atoms with van der Waals surface area (Å²) in [7, 11) is 0. The molecule has 1 fully saturated rings. The van der Waals surface area contributed by atoms with Gasteiger partial charge in [0, 0.05) is 31.7 Å². The number of aliphatic hydroxyl groups excluding tert-OH is 1. The summed E-state index contributed by atoms with van der Waals surface area (Å²) in [5, 5.41) is 12.9. The highest BCUT2D eigenvalue weighted by Crippen LogP contribution is 2.16. The summed E-state index contributed by atoms with van der Waals surface area (Å²) in [6.45, 7) is 7.04. The number of hydrogen-bond acceptors (Lipinski definition) is 3. The van der Waals surface area contributed by atoms with E-state index in [2.05, 4.69) is 24.1 Å². The first-order valence-electron chi connectivity index (χ1n) is 6.93. The predicted molar refractivity (Wildman–Crippen MR) is 74.3 cm³/mol. The van der Waals surface area contributed by atoms with Crippen molar-refractivity contribution in [3.63, 3.8) is 0 Å². The van der Waals surface area contributed by atoms with Crippen LogP contribution in [0.15, 0.2) is 24.3 Å². The molecule has 1 aliphatic heterocycles. The third-order valence-corrected chi connectivity index (χ3v) is 3.88. The minimum Gasteiger partial charge on any atom is -0.395 e. The van der Waals surface area contributed by atoms with Gasteiger partial charge < -0.3 is 10.4 Å². The molecule has 1 aromatic carbocycles. The number of rotatable bonds is 4. The maximum absolute atomic E-state index is 12.9. The first kappa shape index (κ1) is 14.4. The molecule has 2 rings (SSSR count). The Morgan fingerprint density at radius 1 is 1.37 bits per heavy atom. The topological polar surface area (TPSA) is 35.5 Å². The van der Waals surface area contributed by atoms with Gasteiger partial charge in [0.25, 0.3) is 0 Å². The molecule has 4 heteroatoms. The number of halogens is 1. The van der Waals surface area contributed by atoms with Crippen molar-refractivity contribution in [1.82, 2.24) is 10.2 Å². The van der Waals surface area contributed by atoms with Crippen LogP contribution in [-0.2, 0) is 6.54 Å². The average molecular weight is 266 g/mol. The van der Waals surface area contributed by atoms with Crippen molar-refractivity contribution >= 4 is 0 Å². The number of nitrogens with zero attached hydrogens (tertiary/aromatic N) is 1. The molecule has 2 atom stereocenters. The van der Waals surface area contributed by atoms with Crippen LogP contribution < -0.4 is 5.32 Å². The third kappa shape index (κ3) is 3.75. The van der Waals surface area contributed by atoms with E-state index in [1.807, 2.05) is 12.1 Å². The quantitative estimate of drug-likeness (QED) is 0.869. The zero-order valence-electron chi connectivity index (χ0n) is 11.6. The molecule has 3 nitrogen and oxygen atoms in total. The fourth-order valence-corrected chi connectivity index (χ4v) is 2.53. The van der Waals surface area contributed by atoms with Crippen LogP contribution in [0.5, 0.6) is 0 Å². The van der Waals surface area contributed by atoms with Gasteiger partial charge in [0.1, 0.15) is 5.82 Å². The van der Waals surface area contributed by atoms with Crippen molar-refractivity contribution in [3.05, 3.63) is 35.6 Å². The fraction of sp³-hybridized carbons (Fsp3) is 0.600. The molecule has 0 spiro atoms. The maximum atomic E-state index is 12.9. The molecule has 0 radical (unpaired) electrons. The van der Waals surface area contributed by atoms with Gasteiger partial charge in [-0.25, -0.2) is 4.39 Å². The summed E-state index contributed by atoms with van der Waals surface area (Å²) >= 11 is 0. The smallest absolute Gasteiger partial charge is 0.123 e. The van der Waals surface area contributed by atoms with Crippen LogP contribution in [0.2, 0.25) is 0 Å². The van der Waals surface area contributed by atoms with E-state index < -0.39 is 0 Å². The highest BCUT2D eigenvalue weighted by Gasteiger charge is 2.28. The second-order valence-corrected chi connectivity index (χ2v) is 5.65. The summed E-state index contributed by atoms with van der Waals surface area (Å²) in [5.74, 6) is 0.359. The predicted octanol–water partition coefficient (Wildman–Crippen LogP) is 1.62. The fourth-order valence-electron chi connectivity index (χ4n) is 2.53. The first-order valence-corrected chi connectivity index (χ1v) is 6.93. The van der Waals surface area contributed by atoms with Crippen LogP contribution in [0.25, 0.3) is 0 Å². The average Bonchev–Trinajstić information content (AvgIpc) is 2.41. The summed E-state index contributed by atoms with van der Waals surface area (Å²) < 4.78 is 12.9. The number of hydrogen-bond donors (Lipinski definition) is 2. The number of aliphatic hydroxyl groups is 1. The molecule has 106 valence electrons. The minimum absolute atomic E-state index is 0.139. The molecule has 0 aromatic heterocycles. The molecule has 1 heterocycles. The highest BCUT2D eigenvalue weighted by molar-refractivity contribution is 5.16. The van der Waals surface area contributed by atoms with Gasteiger partial charge in [-0.2, -0.15) is 0 Å². The van der Waals surface area contributed by atoms with E-state index in [0.29, 0.717) is 12.0 Å². The molecule has 0 amide bonds. The van der Waals surface area contributed by atoms with E-state index in [1.54, 1.807) is 0 Å². The second kappa shape index (κ2) is 6.46. The number of nitrogens with one attached hydrogen (secondary N) is 1. The van der Waals surface area contributed by atoms with Gasteiger partial charge in [-0.05, 0) is 23.6 Å². The lowest BCUT2D eigenvalue weighted by Crippen LogP contribution is -2.58. The summed E-state index contributed by atoms with van der Waals surface area (Å²) in [5.41, 5.74) is 1.09. The Kier molecular flexibility index (Phi) is 4.91. The molecule has 0 bridgehead atoms. The zero-order chi connectivity index (χ0) is 13.8. The minimum atomic E-state index is -0.206. The molecular formula is C15H23FN2O. The largest absolute Gasteiger partial charge is 0.395 e. The first-order chi connectivity index (χ1) is 9.10. The van der Waals surface area contributed by atoms with Crippen LogP contribution in [0.3, 0.4) is 0 Å². The molecule has 19 heavy (non-hydrogen) atoms. The molecule has 0 aliphatic carbocycles. The zero-order valence-corrected chi connectivity index (χ0v) is 11.6. The van der Waals surface area contributed by atoms with Crippen molar-refractivity contribution in [1.29, 1.82) is 0 Å². The van der Waals surface area contributed by atoms with Gasteiger partial charge in [-0.1, -0.05) is 26.0 Å². The van der Waals surface area contributed by atoms with Crippen LogP contribution in [0.1, 0.15) is 19.4 Å². The molecule has 2 N–H and O–H groups in total. The monoisotopic (exact) mass is 266 g/mol. The highest BCUT2D eigenvalue weighted by atomic mass is 19.1. The summed E-state index contributed by atoms with van der Waals surface area (Å²) in [6, 6.07) is 7.20. The van der Waals surface area contributed by atoms with E-state index in [-0.39, 0.29) is 18.5 Å². The van der Waals surface area contributed by atoms with Crippen LogP contribution in [0.4, 0.5) is 4.39 Å². The Morgan fingerprint density at radius 2 is 2.05 bits per heavy atom. The van der Waals surface area contributed by atoms with Gasteiger partial charge in [-0.15, -0.1) is 0 Å². The summed E-state index contributed by atoms with van der Waals surface area (Å²) in [4.78, 5) is 2.29. The Hall–Kier alpha value is -0.970. The lowest BCUT2D eigenvalue weighted by atomic mass is 9.99. The third-order valence-electron chi connectivity index (χ3n) is 3.88. The van der Waals surface area contributed by atoms with Gasteiger partial charge in [-0.3, -0.25) is 4.90 Å². The lowest BCUT2D eigenvalue weighted by Gasteiger charge is -2.41. The Bertz CT molecular complexity index is 394. The molecule has 1 saturated heterocycles. The van der Waals surface area contributed by atoms with Crippen LogP contribution in [0, 0.1) is 11.7 Å². The Labute approximate surface area is 114 Å². The van der Waals surface area contributed by atoms with E-state index in [4.69, 9.17) is 0 Å². The van der Waals surface area contributed by atoms with E-state index in [0.717, 1.165) is 25.2 Å². The van der Waals surface area contributed by atoms with Gasteiger partial charge >= 0.3 is 0 Å². The SMILES string of the molecule is CC(C)C1CN(Cc2ccc(F)cc2)C(CO)CN1. The summed E-state index contributed by atoms with van der Waals surface area (Å²) in [6.07, 6.45) is 0. The second-order valence-electron chi connectivity index (χ2n) is 5.65. The van der Waals surface area contributed by atoms with Gasteiger partial charge in [0.15, 0.2) is 0 Å². The van der Waals surface area contributed by atoms with Crippen molar-refractivity contribution in [2.75, 3.05) is 19.7 Å². The van der Waals surface area contributed by atoms with Crippen molar-refractivity contribution in [3.8, 4) is 0 Å². The van der Waals surface area contributed by atoms with Crippen LogP contribution in [-0.4, -0.2) is 41.8 Å². The van der Waals surface area contributed by atoms with Crippen LogP contribution >= 0.6 is 0 Å². The Morgan fingerprint density at radius 3 is 2.63 bits per heavy atom. The van der Waals surface area contributed by atoms with E-state index in [1.165, 1.54) is 12.1 Å². The normalized spacial score (nSPS) is 24.9. The van der Waals surface area contributed by atoms with E-state index in [9.17, 15) is 9.50 Å². The molecule has 2 unspecified atom stereocenters. The number of benzene rings is 1.